The molecule has 0 spiro atoms. The maximum atomic E-state index is 13.3. The number of carbonyl (C=O) groups excluding carboxylic acids is 2. The first-order valence-electron chi connectivity index (χ1n) is 9.17. The standard InChI is InChI=1S/C21H18N2O7/c1-30-13-7-3-4-10(9-13)16-14-15(17(22-16)21(28)29)19(25)23(18(14)24)12-6-2-5-11(8-12)20(26)27/h2-9,14-17,22H,1H3,(H,26,27)(H,28,29). The number of fused-ring (bicyclic) bond motifs is 1. The number of nitrogens with zero attached hydrogens (tertiary/aromatic N) is 1. The lowest BCUT2D eigenvalue weighted by atomic mass is 9.86. The first-order chi connectivity index (χ1) is 14.3. The van der Waals surface area contributed by atoms with Crippen molar-refractivity contribution in [1.82, 2.24) is 5.32 Å². The molecule has 9 nitrogen and oxygen atoms in total. The Bertz CT molecular complexity index is 1070. The number of hydrogen-bond donors (Lipinski definition) is 3. The molecular formula is C21H18N2O7. The number of ether oxygens (including phenoxy) is 1. The molecule has 30 heavy (non-hydrogen) atoms. The molecule has 154 valence electrons. The molecule has 2 heterocycles. The number of rotatable bonds is 5. The summed E-state index contributed by atoms with van der Waals surface area (Å²) in [5, 5.41) is 21.8. The average Bonchev–Trinajstić information content (AvgIpc) is 3.25. The topological polar surface area (TPSA) is 133 Å². The van der Waals surface area contributed by atoms with Crippen LogP contribution in [0.2, 0.25) is 0 Å². The molecule has 0 bridgehead atoms. The second kappa shape index (κ2) is 7.27. The molecule has 0 radical (unpaired) electrons. The van der Waals surface area contributed by atoms with Crippen molar-refractivity contribution in [2.24, 2.45) is 11.8 Å². The summed E-state index contributed by atoms with van der Waals surface area (Å²) in [4.78, 5) is 50.4. The minimum atomic E-state index is -1.25. The predicted molar refractivity (Wildman–Crippen MR) is 103 cm³/mol. The number of nitrogens with one attached hydrogen (secondary N) is 1. The fourth-order valence-electron chi connectivity index (χ4n) is 4.21. The molecule has 2 aromatic rings. The number of carboxylic acids is 2. The normalized spacial score (nSPS) is 25.3. The zero-order chi connectivity index (χ0) is 21.6. The Morgan fingerprint density at radius 1 is 1.00 bits per heavy atom. The van der Waals surface area contributed by atoms with Crippen LogP contribution < -0.4 is 15.0 Å². The van der Waals surface area contributed by atoms with Gasteiger partial charge in [0, 0.05) is 6.04 Å². The lowest BCUT2D eigenvalue weighted by Crippen LogP contribution is -2.43. The first kappa shape index (κ1) is 19.6. The number of hydrogen-bond acceptors (Lipinski definition) is 6. The van der Waals surface area contributed by atoms with Crippen molar-refractivity contribution in [3.05, 3.63) is 59.7 Å². The smallest absolute Gasteiger partial charge is 0.335 e. The number of aliphatic carboxylic acids is 1. The number of carboxylic acid groups (broad SMARTS) is 2. The van der Waals surface area contributed by atoms with Crippen molar-refractivity contribution in [1.29, 1.82) is 0 Å². The summed E-state index contributed by atoms with van der Waals surface area (Å²) >= 11 is 0. The number of carbonyl (C=O) groups is 4. The van der Waals surface area contributed by atoms with Crippen LogP contribution in [0.4, 0.5) is 5.69 Å². The van der Waals surface area contributed by atoms with E-state index in [0.717, 1.165) is 4.90 Å². The van der Waals surface area contributed by atoms with Gasteiger partial charge in [0.15, 0.2) is 0 Å². The van der Waals surface area contributed by atoms with Gasteiger partial charge in [-0.15, -0.1) is 0 Å². The first-order valence-corrected chi connectivity index (χ1v) is 9.17. The minimum absolute atomic E-state index is 0.0811. The van der Waals surface area contributed by atoms with Crippen LogP contribution in [0.15, 0.2) is 48.5 Å². The molecule has 2 aliphatic rings. The van der Waals surface area contributed by atoms with Crippen LogP contribution >= 0.6 is 0 Å². The van der Waals surface area contributed by atoms with Crippen LogP contribution in [0, 0.1) is 11.8 Å². The van der Waals surface area contributed by atoms with Crippen LogP contribution in [0.1, 0.15) is 22.0 Å². The summed E-state index contributed by atoms with van der Waals surface area (Å²) in [7, 11) is 1.49. The fraction of sp³-hybridized carbons (Fsp3) is 0.238. The maximum absolute atomic E-state index is 13.3. The Morgan fingerprint density at radius 2 is 1.70 bits per heavy atom. The van der Waals surface area contributed by atoms with Gasteiger partial charge >= 0.3 is 11.9 Å². The second-order valence-electron chi connectivity index (χ2n) is 7.16. The molecule has 4 unspecified atom stereocenters. The van der Waals surface area contributed by atoms with Crippen molar-refractivity contribution in [2.45, 2.75) is 12.1 Å². The van der Waals surface area contributed by atoms with Gasteiger partial charge in [0.25, 0.3) is 0 Å². The van der Waals surface area contributed by atoms with E-state index in [9.17, 15) is 29.4 Å². The zero-order valence-electron chi connectivity index (χ0n) is 15.8. The maximum Gasteiger partial charge on any atom is 0.335 e. The molecule has 2 amide bonds. The summed E-state index contributed by atoms with van der Waals surface area (Å²) in [5.74, 6) is -5.20. The lowest BCUT2D eigenvalue weighted by Gasteiger charge is -2.22. The van der Waals surface area contributed by atoms with Gasteiger partial charge in [-0.25, -0.2) is 9.69 Å². The van der Waals surface area contributed by atoms with Crippen LogP contribution in [-0.2, 0) is 14.4 Å². The number of amides is 2. The molecule has 9 heteroatoms. The van der Waals surface area contributed by atoms with Crippen molar-refractivity contribution in [2.75, 3.05) is 12.0 Å². The molecular weight excluding hydrogens is 392 g/mol. The number of benzene rings is 2. The number of methoxy groups -OCH3 is 1. The highest BCUT2D eigenvalue weighted by Crippen LogP contribution is 2.45. The van der Waals surface area contributed by atoms with E-state index in [1.807, 2.05) is 0 Å². The third-order valence-corrected chi connectivity index (χ3v) is 5.55. The van der Waals surface area contributed by atoms with E-state index < -0.39 is 47.7 Å². The number of imide groups is 1. The summed E-state index contributed by atoms with van der Waals surface area (Å²) in [5.41, 5.74) is 0.644. The Balaban J connectivity index is 1.77. The van der Waals surface area contributed by atoms with Gasteiger partial charge in [0.05, 0.1) is 30.2 Å². The van der Waals surface area contributed by atoms with E-state index in [1.165, 1.54) is 31.4 Å². The number of aromatic carboxylic acids is 1. The third kappa shape index (κ3) is 3.00. The quantitative estimate of drug-likeness (QED) is 0.628. The van der Waals surface area contributed by atoms with Gasteiger partial charge in [-0.1, -0.05) is 18.2 Å². The molecule has 2 saturated heterocycles. The zero-order valence-corrected chi connectivity index (χ0v) is 15.8. The van der Waals surface area contributed by atoms with Crippen molar-refractivity contribution >= 4 is 29.4 Å². The monoisotopic (exact) mass is 410 g/mol. The molecule has 4 rings (SSSR count). The summed E-state index contributed by atoms with van der Waals surface area (Å²) < 4.78 is 5.21. The summed E-state index contributed by atoms with van der Waals surface area (Å²) in [6.07, 6.45) is 0. The van der Waals surface area contributed by atoms with Gasteiger partial charge in [-0.05, 0) is 35.9 Å². The van der Waals surface area contributed by atoms with Crippen LogP contribution in [0.3, 0.4) is 0 Å². The third-order valence-electron chi connectivity index (χ3n) is 5.55. The van der Waals surface area contributed by atoms with Crippen molar-refractivity contribution in [3.63, 3.8) is 0 Å². The van der Waals surface area contributed by atoms with Gasteiger partial charge in [-0.2, -0.15) is 0 Å². The summed E-state index contributed by atoms with van der Waals surface area (Å²) in [6.45, 7) is 0. The van der Waals surface area contributed by atoms with E-state index in [4.69, 9.17) is 4.74 Å². The summed E-state index contributed by atoms with van der Waals surface area (Å²) in [6, 6.07) is 10.3. The highest BCUT2D eigenvalue weighted by Gasteiger charge is 2.61. The molecule has 2 aliphatic heterocycles. The van der Waals surface area contributed by atoms with E-state index >= 15 is 0 Å². The predicted octanol–water partition coefficient (Wildman–Crippen LogP) is 1.30. The molecule has 0 aliphatic carbocycles. The fourth-order valence-corrected chi connectivity index (χ4v) is 4.21. The highest BCUT2D eigenvalue weighted by atomic mass is 16.5. The molecule has 0 aromatic heterocycles. The van der Waals surface area contributed by atoms with Crippen LogP contribution in [0.25, 0.3) is 0 Å². The Kier molecular flexibility index (Phi) is 4.75. The van der Waals surface area contributed by atoms with E-state index in [0.29, 0.717) is 11.3 Å². The molecule has 0 saturated carbocycles. The largest absolute Gasteiger partial charge is 0.497 e. The molecule has 4 atom stereocenters. The van der Waals surface area contributed by atoms with E-state index in [-0.39, 0.29) is 11.3 Å². The van der Waals surface area contributed by atoms with Gasteiger partial charge in [0.2, 0.25) is 11.8 Å². The average molecular weight is 410 g/mol. The minimum Gasteiger partial charge on any atom is -0.497 e. The lowest BCUT2D eigenvalue weighted by molar-refractivity contribution is -0.142. The molecule has 3 N–H and O–H groups in total. The Labute approximate surface area is 170 Å². The SMILES string of the molecule is COc1cccc(C2NC(C(=O)O)C3C(=O)N(c4cccc(C(=O)O)c4)C(=O)C23)c1. The highest BCUT2D eigenvalue weighted by molar-refractivity contribution is 6.24. The van der Waals surface area contributed by atoms with Crippen molar-refractivity contribution < 1.29 is 34.1 Å². The van der Waals surface area contributed by atoms with Gasteiger partial charge in [-0.3, -0.25) is 19.7 Å². The van der Waals surface area contributed by atoms with Crippen LogP contribution in [0.5, 0.6) is 5.75 Å². The van der Waals surface area contributed by atoms with Gasteiger partial charge < -0.3 is 14.9 Å². The Hall–Kier alpha value is -3.72. The molecule has 2 aromatic carbocycles. The van der Waals surface area contributed by atoms with Crippen molar-refractivity contribution in [3.8, 4) is 5.75 Å². The van der Waals surface area contributed by atoms with E-state index in [2.05, 4.69) is 5.32 Å². The Morgan fingerprint density at radius 3 is 2.37 bits per heavy atom. The van der Waals surface area contributed by atoms with E-state index in [1.54, 1.807) is 24.3 Å². The number of anilines is 1. The van der Waals surface area contributed by atoms with Crippen LogP contribution in [-0.4, -0.2) is 47.1 Å². The van der Waals surface area contributed by atoms with Gasteiger partial charge in [0.1, 0.15) is 11.8 Å². The molecule has 2 fully saturated rings. The second-order valence-corrected chi connectivity index (χ2v) is 7.16.